The molecule has 0 aliphatic heterocycles. The Morgan fingerprint density at radius 3 is 2.22 bits per heavy atom. The van der Waals surface area contributed by atoms with Gasteiger partial charge in [-0.2, -0.15) is 0 Å². The summed E-state index contributed by atoms with van der Waals surface area (Å²) in [6.07, 6.45) is 2.10. The second-order valence-electron chi connectivity index (χ2n) is 1.01. The lowest BCUT2D eigenvalue weighted by Crippen LogP contribution is -2.10. The van der Waals surface area contributed by atoms with E-state index in [9.17, 15) is 4.79 Å². The minimum absolute atomic E-state index is 0.0787. The zero-order valence-electron chi connectivity index (χ0n) is 5.10. The topological polar surface area (TPSA) is 70.0 Å². The van der Waals surface area contributed by atoms with Crippen molar-refractivity contribution in [3.63, 3.8) is 0 Å². The molecule has 0 unspecified atom stereocenters. The molecular weight excluding hydrogens is 120 g/mol. The van der Waals surface area contributed by atoms with Crippen molar-refractivity contribution in [1.29, 1.82) is 5.41 Å². The molecule has 0 radical (unpaired) electrons. The molecule has 4 heteroatoms. The minimum atomic E-state index is -0.0787. The number of hydrogen-bond acceptors (Lipinski definition) is 3. The van der Waals surface area contributed by atoms with Crippen LogP contribution in [0.2, 0.25) is 0 Å². The van der Waals surface area contributed by atoms with Crippen LogP contribution in [0, 0.1) is 5.41 Å². The number of amides is 1. The molecule has 0 rings (SSSR count). The van der Waals surface area contributed by atoms with Gasteiger partial charge in [-0.3, -0.25) is 4.79 Å². The van der Waals surface area contributed by atoms with Crippen LogP contribution >= 0.6 is 0 Å². The summed E-state index contributed by atoms with van der Waals surface area (Å²) in [5.74, 6) is -0.0787. The van der Waals surface area contributed by atoms with Crippen LogP contribution in [0.3, 0.4) is 0 Å². The second kappa shape index (κ2) is 9.77. The fourth-order valence-electron chi connectivity index (χ4n) is 0.144. The lowest BCUT2D eigenvalue weighted by atomic mass is 10.7. The van der Waals surface area contributed by atoms with E-state index in [0.717, 1.165) is 6.08 Å². The molecule has 0 aromatic rings. The van der Waals surface area contributed by atoms with Gasteiger partial charge in [0, 0.05) is 6.92 Å². The summed E-state index contributed by atoms with van der Waals surface area (Å²) in [4.78, 5) is 18.2. The van der Waals surface area contributed by atoms with E-state index in [1.807, 2.05) is 0 Å². The van der Waals surface area contributed by atoms with Crippen molar-refractivity contribution in [1.82, 2.24) is 5.32 Å². The number of nitrogens with one attached hydrogen (secondary N) is 2. The Morgan fingerprint density at radius 1 is 1.89 bits per heavy atom. The maximum Gasteiger partial charge on any atom is 0.231 e. The highest BCUT2D eigenvalue weighted by molar-refractivity contribution is 5.73. The van der Waals surface area contributed by atoms with E-state index in [0.29, 0.717) is 0 Å². The number of isocyanates is 1. The van der Waals surface area contributed by atoms with Gasteiger partial charge in [-0.1, -0.05) is 6.58 Å². The quantitative estimate of drug-likeness (QED) is 0.390. The van der Waals surface area contributed by atoms with Gasteiger partial charge in [-0.05, 0) is 6.20 Å². The first-order valence-electron chi connectivity index (χ1n) is 2.11. The summed E-state index contributed by atoms with van der Waals surface area (Å²) in [7, 11) is 0. The van der Waals surface area contributed by atoms with Gasteiger partial charge in [0.05, 0.1) is 0 Å². The monoisotopic (exact) mass is 128 g/mol. The highest BCUT2D eigenvalue weighted by Gasteiger charge is 1.75. The smallest absolute Gasteiger partial charge is 0.231 e. The van der Waals surface area contributed by atoms with Crippen LogP contribution in [0.25, 0.3) is 0 Å². The van der Waals surface area contributed by atoms with E-state index in [1.54, 1.807) is 0 Å². The first-order chi connectivity index (χ1) is 4.18. The van der Waals surface area contributed by atoms with Crippen molar-refractivity contribution in [2.24, 2.45) is 0 Å². The zero-order valence-corrected chi connectivity index (χ0v) is 5.10. The Balaban J connectivity index is 0. The van der Waals surface area contributed by atoms with E-state index in [2.05, 4.69) is 11.9 Å². The van der Waals surface area contributed by atoms with Crippen molar-refractivity contribution < 1.29 is 9.59 Å². The average molecular weight is 128 g/mol. The van der Waals surface area contributed by atoms with Gasteiger partial charge in [-0.25, -0.2) is 10.2 Å². The van der Waals surface area contributed by atoms with E-state index in [-0.39, 0.29) is 5.91 Å². The van der Waals surface area contributed by atoms with Crippen LogP contribution in [0.4, 0.5) is 0 Å². The molecule has 0 aromatic carbocycles. The molecule has 0 bridgehead atoms. The molecule has 0 spiro atoms. The maximum absolute atomic E-state index is 9.86. The first-order valence-corrected chi connectivity index (χ1v) is 2.11. The van der Waals surface area contributed by atoms with Crippen molar-refractivity contribution in [2.75, 3.05) is 0 Å². The molecule has 0 aromatic heterocycles. The number of carbonyl (C=O) groups is 1. The molecule has 2 N–H and O–H groups in total. The molecule has 0 heterocycles. The van der Waals surface area contributed by atoms with Gasteiger partial charge in [0.1, 0.15) is 0 Å². The Morgan fingerprint density at radius 2 is 2.22 bits per heavy atom. The average Bonchev–Trinajstić information content (AvgIpc) is 1.67. The molecular formula is C5H8N2O2. The molecule has 0 saturated heterocycles. The third-order valence-electron chi connectivity index (χ3n) is 0.305. The molecule has 0 saturated carbocycles. The van der Waals surface area contributed by atoms with E-state index >= 15 is 0 Å². The Labute approximate surface area is 53.1 Å². The SMILES string of the molecule is C=CNC(C)=O.N=C=O. The predicted octanol–water partition coefficient (Wildman–Crippen LogP) is 0.167. The van der Waals surface area contributed by atoms with Gasteiger partial charge >= 0.3 is 0 Å². The lowest BCUT2D eigenvalue weighted by molar-refractivity contribution is -0.118. The summed E-state index contributed by atoms with van der Waals surface area (Å²) in [6, 6.07) is 0. The Kier molecular flexibility index (Phi) is 11.5. The summed E-state index contributed by atoms with van der Waals surface area (Å²) in [6.45, 7) is 4.70. The zero-order chi connectivity index (χ0) is 7.70. The van der Waals surface area contributed by atoms with Crippen molar-refractivity contribution in [3.05, 3.63) is 12.8 Å². The molecule has 50 valence electrons. The third kappa shape index (κ3) is 54.9. The van der Waals surface area contributed by atoms with E-state index in [1.165, 1.54) is 13.1 Å². The molecule has 0 aliphatic carbocycles. The van der Waals surface area contributed by atoms with E-state index < -0.39 is 0 Å². The fraction of sp³-hybridized carbons (Fsp3) is 0.200. The number of rotatable bonds is 1. The van der Waals surface area contributed by atoms with Crippen LogP contribution < -0.4 is 5.32 Å². The van der Waals surface area contributed by atoms with Crippen LogP contribution in [0.15, 0.2) is 12.8 Å². The molecule has 1 amide bonds. The van der Waals surface area contributed by atoms with E-state index in [4.69, 9.17) is 10.2 Å². The molecule has 0 atom stereocenters. The fourth-order valence-corrected chi connectivity index (χ4v) is 0.144. The number of carbonyl (C=O) groups excluding carboxylic acids is 2. The van der Waals surface area contributed by atoms with Crippen molar-refractivity contribution >= 4 is 12.0 Å². The van der Waals surface area contributed by atoms with Crippen molar-refractivity contribution in [2.45, 2.75) is 6.92 Å². The predicted molar refractivity (Wildman–Crippen MR) is 32.4 cm³/mol. The highest BCUT2D eigenvalue weighted by atomic mass is 16.1. The van der Waals surface area contributed by atoms with Gasteiger partial charge in [-0.15, -0.1) is 0 Å². The lowest BCUT2D eigenvalue weighted by Gasteiger charge is -1.83. The second-order valence-corrected chi connectivity index (χ2v) is 1.01. The van der Waals surface area contributed by atoms with Gasteiger partial charge in [0.25, 0.3) is 0 Å². The third-order valence-corrected chi connectivity index (χ3v) is 0.305. The highest BCUT2D eigenvalue weighted by Crippen LogP contribution is 1.54. The van der Waals surface area contributed by atoms with Gasteiger partial charge in [0.15, 0.2) is 0 Å². The summed E-state index contributed by atoms with van der Waals surface area (Å²) >= 11 is 0. The Hall–Kier alpha value is -1.41. The van der Waals surface area contributed by atoms with Crippen LogP contribution in [0.5, 0.6) is 0 Å². The summed E-state index contributed by atoms with van der Waals surface area (Å²) < 4.78 is 0. The number of hydrogen-bond donors (Lipinski definition) is 2. The minimum Gasteiger partial charge on any atom is -0.334 e. The standard InChI is InChI=1S/C4H7NO.CHNO/c1-3-5-4(2)6;2-1-3/h3H,1H2,2H3,(H,5,6);2H. The molecule has 0 aliphatic rings. The van der Waals surface area contributed by atoms with Crippen LogP contribution in [0.1, 0.15) is 6.92 Å². The van der Waals surface area contributed by atoms with Crippen LogP contribution in [-0.2, 0) is 9.59 Å². The van der Waals surface area contributed by atoms with Crippen molar-refractivity contribution in [3.8, 4) is 0 Å². The Bertz CT molecular complexity index is 125. The van der Waals surface area contributed by atoms with Crippen LogP contribution in [-0.4, -0.2) is 12.0 Å². The maximum atomic E-state index is 9.86. The van der Waals surface area contributed by atoms with Gasteiger partial charge < -0.3 is 5.32 Å². The normalized spacial score (nSPS) is 5.44. The largest absolute Gasteiger partial charge is 0.334 e. The van der Waals surface area contributed by atoms with Gasteiger partial charge in [0.2, 0.25) is 12.0 Å². The molecule has 4 nitrogen and oxygen atoms in total. The summed E-state index contributed by atoms with van der Waals surface area (Å²) in [5, 5.41) is 7.74. The summed E-state index contributed by atoms with van der Waals surface area (Å²) in [5.41, 5.74) is 0. The molecule has 9 heavy (non-hydrogen) atoms. The molecule has 0 fully saturated rings. The first kappa shape index (κ1) is 10.5.